The van der Waals surface area contributed by atoms with E-state index >= 15 is 4.39 Å². The molecule has 232 valence electrons. The second kappa shape index (κ2) is 11.3. The van der Waals surface area contributed by atoms with Gasteiger partial charge in [0.2, 0.25) is 5.43 Å². The fraction of sp³-hybridized carbons (Fsp3) is 0.389. The molecule has 4 aliphatic rings. The van der Waals surface area contributed by atoms with Crippen LogP contribution in [0.15, 0.2) is 53.5 Å². The zero-order valence-corrected chi connectivity index (χ0v) is 25.6. The van der Waals surface area contributed by atoms with Gasteiger partial charge < -0.3 is 29.7 Å². The number of ether oxygens (including phenoxy) is 1. The minimum Gasteiger partial charge on any atom is -0.451 e. The number of amides is 1. The molecule has 2 fully saturated rings. The maximum atomic E-state index is 15.9. The van der Waals surface area contributed by atoms with Crippen molar-refractivity contribution >= 4 is 22.5 Å². The van der Waals surface area contributed by atoms with Crippen molar-refractivity contribution in [2.24, 2.45) is 0 Å². The minimum absolute atomic E-state index is 0.000923. The largest absolute Gasteiger partial charge is 0.451 e. The summed E-state index contributed by atoms with van der Waals surface area (Å²) in [6, 6.07) is 14.1. The first-order valence-electron chi connectivity index (χ1n) is 16.3. The maximum absolute atomic E-state index is 15.9. The first-order chi connectivity index (χ1) is 22.0. The number of hydrogen-bond donors (Lipinski definition) is 2. The summed E-state index contributed by atoms with van der Waals surface area (Å²) in [4.78, 5) is 32.1. The standard InChI is InChI=1S/C36H38FN5O3/c1-40-13-6-8-24(40)10-11-39-36(44)28-21-42-30-18-23-17-22-7-2-3-9-25(22)26(23)20-31(30)45-35-32(38-12-16-41-14-4-5-15-41)29(37)19-27(33(35)42)34(28)43/h2-3,7,9,18-21,24,38H,4-6,8,10-17H2,1H3,(H,39,44). The van der Waals surface area contributed by atoms with Crippen molar-refractivity contribution in [1.82, 2.24) is 19.7 Å². The first-order valence-corrected chi connectivity index (χ1v) is 16.3. The number of aromatic nitrogens is 1. The Morgan fingerprint density at radius 3 is 2.69 bits per heavy atom. The Bertz CT molecular complexity index is 1900. The Morgan fingerprint density at radius 2 is 1.87 bits per heavy atom. The fourth-order valence-corrected chi connectivity index (χ4v) is 7.71. The van der Waals surface area contributed by atoms with E-state index in [1.807, 2.05) is 22.8 Å². The summed E-state index contributed by atoms with van der Waals surface area (Å²) >= 11 is 0. The van der Waals surface area contributed by atoms with Crippen LogP contribution in [0.1, 0.15) is 53.6 Å². The number of rotatable bonds is 8. The van der Waals surface area contributed by atoms with E-state index in [1.54, 1.807) is 6.20 Å². The van der Waals surface area contributed by atoms with Gasteiger partial charge in [-0.25, -0.2) is 4.39 Å². The number of hydrogen-bond acceptors (Lipinski definition) is 6. The van der Waals surface area contributed by atoms with Crippen molar-refractivity contribution in [3.63, 3.8) is 0 Å². The fourth-order valence-electron chi connectivity index (χ4n) is 7.71. The maximum Gasteiger partial charge on any atom is 0.256 e. The third kappa shape index (κ3) is 4.89. The molecule has 2 saturated heterocycles. The number of carbonyl (C=O) groups is 1. The van der Waals surface area contributed by atoms with Crippen molar-refractivity contribution in [2.45, 2.75) is 44.6 Å². The molecule has 4 heterocycles. The molecule has 9 heteroatoms. The van der Waals surface area contributed by atoms with Crippen molar-refractivity contribution in [1.29, 1.82) is 0 Å². The molecule has 0 radical (unpaired) electrons. The Hall–Kier alpha value is -4.21. The van der Waals surface area contributed by atoms with Crippen LogP contribution in [0.2, 0.25) is 0 Å². The van der Waals surface area contributed by atoms with E-state index in [1.165, 1.54) is 24.5 Å². The van der Waals surface area contributed by atoms with Crippen molar-refractivity contribution in [3.05, 3.63) is 81.4 Å². The lowest BCUT2D eigenvalue weighted by Gasteiger charge is -2.27. The third-order valence-corrected chi connectivity index (χ3v) is 10.1. The molecule has 1 atom stereocenters. The summed E-state index contributed by atoms with van der Waals surface area (Å²) in [5.74, 6) is -0.174. The molecule has 0 bridgehead atoms. The lowest BCUT2D eigenvalue weighted by atomic mass is 10.0. The van der Waals surface area contributed by atoms with Crippen LogP contribution < -0.4 is 20.8 Å². The number of halogens is 1. The summed E-state index contributed by atoms with van der Waals surface area (Å²) in [7, 11) is 2.11. The van der Waals surface area contributed by atoms with Crippen LogP contribution in [0.3, 0.4) is 0 Å². The molecule has 8 rings (SSSR count). The molecule has 8 nitrogen and oxygen atoms in total. The monoisotopic (exact) mass is 607 g/mol. The van der Waals surface area contributed by atoms with Gasteiger partial charge in [-0.05, 0) is 106 Å². The summed E-state index contributed by atoms with van der Waals surface area (Å²) in [5.41, 5.74) is 5.56. The summed E-state index contributed by atoms with van der Waals surface area (Å²) in [6.07, 6.45) is 7.85. The average molecular weight is 608 g/mol. The second-order valence-corrected chi connectivity index (χ2v) is 12.9. The van der Waals surface area contributed by atoms with E-state index in [2.05, 4.69) is 45.7 Å². The van der Waals surface area contributed by atoms with Crippen LogP contribution in [0.5, 0.6) is 11.5 Å². The predicted octanol–water partition coefficient (Wildman–Crippen LogP) is 5.53. The Balaban J connectivity index is 1.21. The zero-order chi connectivity index (χ0) is 30.7. The number of carbonyl (C=O) groups excluding carboxylic acids is 1. The Labute approximate surface area is 261 Å². The molecule has 0 saturated carbocycles. The van der Waals surface area contributed by atoms with Gasteiger partial charge in [0, 0.05) is 31.9 Å². The highest BCUT2D eigenvalue weighted by Gasteiger charge is 2.31. The van der Waals surface area contributed by atoms with Crippen LogP contribution in [0.4, 0.5) is 10.1 Å². The van der Waals surface area contributed by atoms with Crippen LogP contribution in [-0.4, -0.2) is 72.6 Å². The smallest absolute Gasteiger partial charge is 0.256 e. The number of nitrogens with zero attached hydrogens (tertiary/aromatic N) is 3. The van der Waals surface area contributed by atoms with E-state index < -0.39 is 17.2 Å². The van der Waals surface area contributed by atoms with E-state index in [-0.39, 0.29) is 22.4 Å². The molecule has 1 aliphatic carbocycles. The Kier molecular flexibility index (Phi) is 7.10. The lowest BCUT2D eigenvalue weighted by Crippen LogP contribution is -2.34. The molecule has 3 aliphatic heterocycles. The van der Waals surface area contributed by atoms with Gasteiger partial charge in [0.25, 0.3) is 5.91 Å². The van der Waals surface area contributed by atoms with Gasteiger partial charge in [0.1, 0.15) is 16.8 Å². The van der Waals surface area contributed by atoms with Crippen molar-refractivity contribution in [2.75, 3.05) is 51.6 Å². The molecule has 1 aromatic heterocycles. The van der Waals surface area contributed by atoms with Gasteiger partial charge >= 0.3 is 0 Å². The van der Waals surface area contributed by atoms with Crippen molar-refractivity contribution < 1.29 is 13.9 Å². The van der Waals surface area contributed by atoms with Gasteiger partial charge in [-0.3, -0.25) is 9.59 Å². The number of likely N-dealkylation sites (tertiary alicyclic amines) is 2. The average Bonchev–Trinajstić information content (AvgIpc) is 3.79. The number of pyridine rings is 1. The van der Waals surface area contributed by atoms with E-state index in [9.17, 15) is 9.59 Å². The zero-order valence-electron chi connectivity index (χ0n) is 25.6. The van der Waals surface area contributed by atoms with Gasteiger partial charge in [-0.1, -0.05) is 24.3 Å². The third-order valence-electron chi connectivity index (χ3n) is 10.1. The van der Waals surface area contributed by atoms with Crippen LogP contribution in [-0.2, 0) is 6.42 Å². The molecule has 1 unspecified atom stereocenters. The van der Waals surface area contributed by atoms with Crippen LogP contribution in [0.25, 0.3) is 27.7 Å². The van der Waals surface area contributed by atoms with Crippen molar-refractivity contribution in [3.8, 4) is 28.3 Å². The number of nitrogens with one attached hydrogen (secondary N) is 2. The molecular formula is C36H38FN5O3. The normalized spacial score (nSPS) is 18.5. The molecular weight excluding hydrogens is 569 g/mol. The minimum atomic E-state index is -0.570. The first kappa shape index (κ1) is 28.3. The van der Waals surface area contributed by atoms with Gasteiger partial charge in [-0.2, -0.15) is 0 Å². The van der Waals surface area contributed by atoms with Gasteiger partial charge in [-0.15, -0.1) is 0 Å². The summed E-state index contributed by atoms with van der Waals surface area (Å²) < 4.78 is 24.3. The molecule has 3 aromatic carbocycles. The lowest BCUT2D eigenvalue weighted by molar-refractivity contribution is 0.0949. The van der Waals surface area contributed by atoms with E-state index in [0.717, 1.165) is 74.2 Å². The predicted molar refractivity (Wildman–Crippen MR) is 175 cm³/mol. The second-order valence-electron chi connectivity index (χ2n) is 12.9. The van der Waals surface area contributed by atoms with Crippen LogP contribution in [0, 0.1) is 5.82 Å². The highest BCUT2D eigenvalue weighted by Crippen LogP contribution is 2.49. The number of benzene rings is 3. The number of fused-ring (bicyclic) bond motifs is 5. The topological polar surface area (TPSA) is 78.8 Å². The molecule has 0 spiro atoms. The highest BCUT2D eigenvalue weighted by atomic mass is 19.1. The number of anilines is 1. The van der Waals surface area contributed by atoms with E-state index in [0.29, 0.717) is 30.4 Å². The molecule has 2 N–H and O–H groups in total. The quantitative estimate of drug-likeness (QED) is 0.237. The van der Waals surface area contributed by atoms with E-state index in [4.69, 9.17) is 4.74 Å². The van der Waals surface area contributed by atoms with Crippen LogP contribution >= 0.6 is 0 Å². The summed E-state index contributed by atoms with van der Waals surface area (Å²) in [6.45, 7) is 4.97. The SMILES string of the molecule is CN1CCCC1CCNC(=O)c1cn2c3c(c(NCCN4CCCC4)c(F)cc3c1=O)Oc1cc3c(cc1-2)Cc1ccccc1-3. The van der Waals surface area contributed by atoms with Gasteiger partial charge in [0.05, 0.1) is 11.1 Å². The highest BCUT2D eigenvalue weighted by molar-refractivity contribution is 6.01. The Morgan fingerprint density at radius 1 is 1.02 bits per heavy atom. The molecule has 4 aromatic rings. The summed E-state index contributed by atoms with van der Waals surface area (Å²) in [5, 5.41) is 6.39. The van der Waals surface area contributed by atoms with Gasteiger partial charge in [0.15, 0.2) is 17.3 Å². The molecule has 1 amide bonds. The molecule has 45 heavy (non-hydrogen) atoms.